The molecule has 14 heteroatoms. The molecular formula is C84H151NO13. The van der Waals surface area contributed by atoms with E-state index in [1.165, 1.54) is 250 Å². The van der Waals surface area contributed by atoms with Gasteiger partial charge in [0, 0.05) is 6.42 Å². The molecule has 2 rings (SSSR count). The Morgan fingerprint density at radius 2 is 0.714 bits per heavy atom. The van der Waals surface area contributed by atoms with Gasteiger partial charge >= 0.3 is 0 Å². The number of aliphatic hydroxyl groups is 8. The third kappa shape index (κ3) is 49.7. The molecular weight excluding hydrogens is 1230 g/mol. The highest BCUT2D eigenvalue weighted by Gasteiger charge is 2.51. The summed E-state index contributed by atoms with van der Waals surface area (Å²) in [4.78, 5) is 13.4. The second kappa shape index (κ2) is 67.4. The van der Waals surface area contributed by atoms with Crippen LogP contribution in [0.25, 0.3) is 0 Å². The summed E-state index contributed by atoms with van der Waals surface area (Å²) in [5.74, 6) is -0.246. The first kappa shape index (κ1) is 91.3. The van der Waals surface area contributed by atoms with Gasteiger partial charge in [0.25, 0.3) is 0 Å². The summed E-state index contributed by atoms with van der Waals surface area (Å²) in [5, 5.41) is 87.7. The molecule has 0 aromatic carbocycles. The van der Waals surface area contributed by atoms with E-state index in [1.54, 1.807) is 6.08 Å². The monoisotopic (exact) mass is 1380 g/mol. The van der Waals surface area contributed by atoms with E-state index in [0.29, 0.717) is 12.8 Å². The molecule has 2 fully saturated rings. The highest BCUT2D eigenvalue weighted by atomic mass is 16.7. The molecule has 1 amide bonds. The number of aliphatic hydroxyl groups excluding tert-OH is 8. The smallest absolute Gasteiger partial charge is 0.220 e. The van der Waals surface area contributed by atoms with Crippen LogP contribution in [-0.4, -0.2) is 140 Å². The van der Waals surface area contributed by atoms with Gasteiger partial charge < -0.3 is 65.1 Å². The molecule has 0 aliphatic carbocycles. The summed E-state index contributed by atoms with van der Waals surface area (Å²) in [5.41, 5.74) is 0. The van der Waals surface area contributed by atoms with Gasteiger partial charge in [0.1, 0.15) is 48.8 Å². The number of ether oxygens (including phenoxy) is 4. The van der Waals surface area contributed by atoms with E-state index in [9.17, 15) is 45.6 Å². The number of rotatable bonds is 68. The van der Waals surface area contributed by atoms with Crippen molar-refractivity contribution in [2.24, 2.45) is 0 Å². The highest BCUT2D eigenvalue weighted by Crippen LogP contribution is 2.30. The SMILES string of the molecule is CC/C=C\C/C=C\C/C=C\C/C=C\C/C=C\CCCCCCCCCCCCCCCCCCCC(=O)NC(COC1OC(CO)C(OC2OC(CO)C(O)C(O)C2O)C(O)C1O)C(O)/C=C/CC/C=C/CCCCCCCCCCCCCCCCCCCCCCCCCCC. The Morgan fingerprint density at radius 1 is 0.378 bits per heavy atom. The lowest BCUT2D eigenvalue weighted by Gasteiger charge is -2.46. The minimum absolute atomic E-state index is 0.246. The van der Waals surface area contributed by atoms with Crippen LogP contribution in [0, 0.1) is 0 Å². The molecule has 2 aliphatic heterocycles. The summed E-state index contributed by atoms with van der Waals surface area (Å²) in [6.07, 6.45) is 78.1. The predicted octanol–water partition coefficient (Wildman–Crippen LogP) is 18.7. The van der Waals surface area contributed by atoms with Crippen LogP contribution in [0.1, 0.15) is 348 Å². The Bertz CT molecular complexity index is 1970. The maximum absolute atomic E-state index is 13.4. The molecule has 0 bridgehead atoms. The van der Waals surface area contributed by atoms with Gasteiger partial charge in [-0.1, -0.05) is 349 Å². The van der Waals surface area contributed by atoms with Gasteiger partial charge in [-0.2, -0.15) is 0 Å². The topological polar surface area (TPSA) is 228 Å². The number of carbonyl (C=O) groups is 1. The van der Waals surface area contributed by atoms with E-state index >= 15 is 0 Å². The van der Waals surface area contributed by atoms with Crippen LogP contribution in [0.4, 0.5) is 0 Å². The Labute approximate surface area is 599 Å². The van der Waals surface area contributed by atoms with Crippen LogP contribution < -0.4 is 5.32 Å². The molecule has 2 aliphatic rings. The first-order valence-corrected chi connectivity index (χ1v) is 40.8. The number of nitrogens with one attached hydrogen (secondary N) is 1. The number of hydrogen-bond acceptors (Lipinski definition) is 13. The molecule has 0 saturated carbocycles. The van der Waals surface area contributed by atoms with Gasteiger partial charge in [-0.15, -0.1) is 0 Å². The predicted molar refractivity (Wildman–Crippen MR) is 406 cm³/mol. The first-order valence-electron chi connectivity index (χ1n) is 40.8. The fourth-order valence-corrected chi connectivity index (χ4v) is 13.2. The van der Waals surface area contributed by atoms with E-state index in [4.69, 9.17) is 18.9 Å². The van der Waals surface area contributed by atoms with Crippen molar-refractivity contribution in [2.45, 2.75) is 421 Å². The molecule has 98 heavy (non-hydrogen) atoms. The molecule has 12 atom stereocenters. The van der Waals surface area contributed by atoms with E-state index in [0.717, 1.165) is 64.2 Å². The lowest BCUT2D eigenvalue weighted by Crippen LogP contribution is -2.65. The third-order valence-electron chi connectivity index (χ3n) is 19.6. The van der Waals surface area contributed by atoms with Crippen LogP contribution in [0.15, 0.2) is 85.1 Å². The summed E-state index contributed by atoms with van der Waals surface area (Å²) >= 11 is 0. The van der Waals surface area contributed by atoms with Crippen molar-refractivity contribution >= 4 is 5.91 Å². The maximum Gasteiger partial charge on any atom is 0.220 e. The molecule has 0 spiro atoms. The van der Waals surface area contributed by atoms with E-state index in [-0.39, 0.29) is 18.9 Å². The van der Waals surface area contributed by atoms with Crippen molar-refractivity contribution in [2.75, 3.05) is 19.8 Å². The van der Waals surface area contributed by atoms with Gasteiger partial charge in [0.05, 0.1) is 32.0 Å². The Kier molecular flexibility index (Phi) is 62.7. The maximum atomic E-state index is 13.4. The molecule has 570 valence electrons. The van der Waals surface area contributed by atoms with Crippen LogP contribution in [0.3, 0.4) is 0 Å². The second-order valence-electron chi connectivity index (χ2n) is 28.5. The molecule has 2 heterocycles. The van der Waals surface area contributed by atoms with Crippen molar-refractivity contribution in [1.29, 1.82) is 0 Å². The zero-order valence-electron chi connectivity index (χ0n) is 62.5. The number of carbonyl (C=O) groups excluding carboxylic acids is 1. The summed E-state index contributed by atoms with van der Waals surface area (Å²) in [6.45, 7) is 2.72. The molecule has 14 nitrogen and oxygen atoms in total. The molecule has 0 aromatic rings. The lowest BCUT2D eigenvalue weighted by molar-refractivity contribution is -0.359. The standard InChI is InChI=1S/C84H151NO13/c1-3-5-7-9-11-13-15-17-19-21-23-25-27-29-31-33-35-36-38-40-42-44-46-48-50-52-54-56-58-60-62-64-66-68-76(89)85-72(71-95-83-81(94)79(92)82(75(70-87)97-83)98-84-80(93)78(91)77(90)74(69-86)96-84)73(88)67-65-63-61-59-57-55-53-51-49-47-45-43-41-39-37-34-32-30-28-26-24-22-20-18-16-14-12-10-8-6-4-2/h5,7,11,13,17,19,23,25,29,31,57,59,65,67,72-75,77-84,86-88,90-94H,3-4,6,8-10,12,14-16,18,20-22,24,26-28,30,32-56,58,60-64,66,68-71H2,1-2H3,(H,85,89)/b7-5-,13-11-,19-17-,25-23-,31-29-,59-57+,67-65+. The summed E-state index contributed by atoms with van der Waals surface area (Å²) in [6, 6.07) is -0.937. The van der Waals surface area contributed by atoms with Crippen LogP contribution in [0.2, 0.25) is 0 Å². The molecule has 0 radical (unpaired) electrons. The zero-order valence-corrected chi connectivity index (χ0v) is 62.5. The normalized spacial score (nSPS) is 22.5. The highest BCUT2D eigenvalue weighted by molar-refractivity contribution is 5.76. The fourth-order valence-electron chi connectivity index (χ4n) is 13.2. The fraction of sp³-hybridized carbons (Fsp3) is 0.821. The number of hydrogen-bond donors (Lipinski definition) is 9. The number of unbranched alkanes of at least 4 members (excludes halogenated alkanes) is 43. The average Bonchev–Trinajstić information content (AvgIpc) is 0.793. The first-order chi connectivity index (χ1) is 48.1. The molecule has 9 N–H and O–H groups in total. The third-order valence-corrected chi connectivity index (χ3v) is 19.6. The van der Waals surface area contributed by atoms with E-state index in [2.05, 4.69) is 92.1 Å². The zero-order chi connectivity index (χ0) is 70.8. The van der Waals surface area contributed by atoms with Gasteiger partial charge in [-0.25, -0.2) is 0 Å². The van der Waals surface area contributed by atoms with Crippen molar-refractivity contribution in [3.05, 3.63) is 85.1 Å². The quantitative estimate of drug-likeness (QED) is 0.0204. The van der Waals surface area contributed by atoms with Crippen molar-refractivity contribution in [3.8, 4) is 0 Å². The molecule has 2 saturated heterocycles. The second-order valence-corrected chi connectivity index (χ2v) is 28.5. The largest absolute Gasteiger partial charge is 0.394 e. The lowest BCUT2D eigenvalue weighted by atomic mass is 9.97. The minimum atomic E-state index is -1.79. The van der Waals surface area contributed by atoms with Crippen LogP contribution >= 0.6 is 0 Å². The van der Waals surface area contributed by atoms with Crippen molar-refractivity contribution < 1.29 is 64.6 Å². The number of allylic oxidation sites excluding steroid dienone is 13. The number of amides is 1. The summed E-state index contributed by atoms with van der Waals surface area (Å²) in [7, 11) is 0. The van der Waals surface area contributed by atoms with Gasteiger partial charge in [0.2, 0.25) is 5.91 Å². The van der Waals surface area contributed by atoms with Crippen LogP contribution in [-0.2, 0) is 23.7 Å². The summed E-state index contributed by atoms with van der Waals surface area (Å²) < 4.78 is 22.9. The van der Waals surface area contributed by atoms with Crippen molar-refractivity contribution in [1.82, 2.24) is 5.32 Å². The van der Waals surface area contributed by atoms with Gasteiger partial charge in [-0.05, 0) is 77.0 Å². The van der Waals surface area contributed by atoms with Gasteiger partial charge in [0.15, 0.2) is 12.6 Å². The molecule has 0 aromatic heterocycles. The van der Waals surface area contributed by atoms with E-state index < -0.39 is 86.8 Å². The van der Waals surface area contributed by atoms with E-state index in [1.807, 2.05) is 6.08 Å². The Balaban J connectivity index is 1.62. The van der Waals surface area contributed by atoms with Gasteiger partial charge in [-0.3, -0.25) is 4.79 Å². The van der Waals surface area contributed by atoms with Crippen LogP contribution in [0.5, 0.6) is 0 Å². The minimum Gasteiger partial charge on any atom is -0.394 e. The van der Waals surface area contributed by atoms with Crippen molar-refractivity contribution in [3.63, 3.8) is 0 Å². The average molecular weight is 1380 g/mol. The molecule has 12 unspecified atom stereocenters. The Morgan fingerprint density at radius 3 is 1.12 bits per heavy atom. The Hall–Kier alpha value is -2.83.